The third-order valence-corrected chi connectivity index (χ3v) is 3.94. The van der Waals surface area contributed by atoms with Gasteiger partial charge in [-0.2, -0.15) is 10.2 Å². The van der Waals surface area contributed by atoms with Crippen molar-refractivity contribution in [2.24, 2.45) is 7.05 Å². The van der Waals surface area contributed by atoms with Gasteiger partial charge in [0, 0.05) is 31.5 Å². The van der Waals surface area contributed by atoms with Crippen molar-refractivity contribution in [1.82, 2.24) is 30.3 Å². The third kappa shape index (κ3) is 4.50. The van der Waals surface area contributed by atoms with Gasteiger partial charge in [0.05, 0.1) is 17.6 Å². The molecule has 3 N–H and O–H groups in total. The summed E-state index contributed by atoms with van der Waals surface area (Å²) in [5, 5.41) is 16.3. The number of hydrogen-bond acceptors (Lipinski definition) is 5. The van der Waals surface area contributed by atoms with Gasteiger partial charge in [-0.15, -0.1) is 6.58 Å². The van der Waals surface area contributed by atoms with Crippen LogP contribution in [0.25, 0.3) is 11.3 Å². The molecule has 28 heavy (non-hydrogen) atoms. The SMILES string of the molecule is C=CCCCNC(=O)c1nn(C)cc1NC(=O)c1cccc(-c2cn[nH]c2)n1. The molecule has 9 nitrogen and oxygen atoms in total. The maximum Gasteiger partial charge on any atom is 0.274 e. The fourth-order valence-corrected chi connectivity index (χ4v) is 2.58. The third-order valence-electron chi connectivity index (χ3n) is 3.94. The van der Waals surface area contributed by atoms with Gasteiger partial charge in [0.15, 0.2) is 5.69 Å². The Morgan fingerprint density at radius 3 is 2.93 bits per heavy atom. The lowest BCUT2D eigenvalue weighted by molar-refractivity contribution is 0.0948. The molecule has 3 rings (SSSR count). The lowest BCUT2D eigenvalue weighted by atomic mass is 10.2. The van der Waals surface area contributed by atoms with Crippen LogP contribution in [-0.4, -0.2) is 43.3 Å². The molecule has 0 aliphatic carbocycles. The maximum atomic E-state index is 12.6. The number of rotatable bonds is 8. The molecule has 0 saturated carbocycles. The quantitative estimate of drug-likeness (QED) is 0.409. The molecule has 0 aromatic carbocycles. The number of amides is 2. The molecule has 0 saturated heterocycles. The zero-order chi connectivity index (χ0) is 19.9. The first-order valence-electron chi connectivity index (χ1n) is 8.79. The zero-order valence-electron chi connectivity index (χ0n) is 15.5. The molecule has 0 spiro atoms. The van der Waals surface area contributed by atoms with Crippen LogP contribution in [0, 0.1) is 0 Å². The molecule has 3 aromatic rings. The summed E-state index contributed by atoms with van der Waals surface area (Å²) < 4.78 is 1.48. The molecule has 144 valence electrons. The van der Waals surface area contributed by atoms with E-state index in [4.69, 9.17) is 0 Å². The number of allylic oxidation sites excluding steroid dienone is 1. The minimum atomic E-state index is -0.431. The van der Waals surface area contributed by atoms with Crippen molar-refractivity contribution in [2.45, 2.75) is 12.8 Å². The van der Waals surface area contributed by atoms with Gasteiger partial charge < -0.3 is 10.6 Å². The highest BCUT2D eigenvalue weighted by molar-refractivity contribution is 6.07. The Hall–Kier alpha value is -3.75. The van der Waals surface area contributed by atoms with E-state index in [1.807, 2.05) is 0 Å². The van der Waals surface area contributed by atoms with Crippen LogP contribution in [-0.2, 0) is 7.05 Å². The fraction of sp³-hybridized carbons (Fsp3) is 0.211. The number of aromatic nitrogens is 5. The molecule has 9 heteroatoms. The van der Waals surface area contributed by atoms with E-state index in [2.05, 4.69) is 37.5 Å². The van der Waals surface area contributed by atoms with Gasteiger partial charge in [-0.3, -0.25) is 19.4 Å². The van der Waals surface area contributed by atoms with Crippen LogP contribution in [0.2, 0.25) is 0 Å². The number of carbonyl (C=O) groups excluding carboxylic acids is 2. The number of nitrogens with zero attached hydrogens (tertiary/aromatic N) is 4. The van der Waals surface area contributed by atoms with Gasteiger partial charge in [-0.25, -0.2) is 4.98 Å². The van der Waals surface area contributed by atoms with Gasteiger partial charge in [0.25, 0.3) is 11.8 Å². The van der Waals surface area contributed by atoms with Crippen LogP contribution in [0.15, 0.2) is 49.4 Å². The largest absolute Gasteiger partial charge is 0.351 e. The summed E-state index contributed by atoms with van der Waals surface area (Å²) in [6.07, 6.45) is 8.29. The second-order valence-corrected chi connectivity index (χ2v) is 6.10. The van der Waals surface area contributed by atoms with Crippen LogP contribution in [0.1, 0.15) is 33.8 Å². The smallest absolute Gasteiger partial charge is 0.274 e. The molecule has 3 heterocycles. The van der Waals surface area contributed by atoms with Gasteiger partial charge in [-0.05, 0) is 25.0 Å². The van der Waals surface area contributed by atoms with E-state index in [1.54, 1.807) is 49.9 Å². The predicted molar refractivity (Wildman–Crippen MR) is 105 cm³/mol. The highest BCUT2D eigenvalue weighted by atomic mass is 16.2. The number of unbranched alkanes of at least 4 members (excludes halogenated alkanes) is 1. The fourth-order valence-electron chi connectivity index (χ4n) is 2.58. The summed E-state index contributed by atoms with van der Waals surface area (Å²) in [6.45, 7) is 4.15. The summed E-state index contributed by atoms with van der Waals surface area (Å²) in [4.78, 5) is 29.4. The average Bonchev–Trinajstić information content (AvgIpc) is 3.35. The normalized spacial score (nSPS) is 10.5. The Kier molecular flexibility index (Phi) is 5.95. The summed E-state index contributed by atoms with van der Waals surface area (Å²) in [7, 11) is 1.68. The summed E-state index contributed by atoms with van der Waals surface area (Å²) >= 11 is 0. The van der Waals surface area contributed by atoms with Crippen molar-refractivity contribution >= 4 is 17.5 Å². The first-order valence-corrected chi connectivity index (χ1v) is 8.79. The number of H-pyrrole nitrogens is 1. The average molecular weight is 379 g/mol. The molecule has 0 atom stereocenters. The van der Waals surface area contributed by atoms with Gasteiger partial charge in [0.1, 0.15) is 5.69 Å². The summed E-state index contributed by atoms with van der Waals surface area (Å²) in [6, 6.07) is 5.12. The van der Waals surface area contributed by atoms with Crippen LogP contribution in [0.5, 0.6) is 0 Å². The second-order valence-electron chi connectivity index (χ2n) is 6.10. The van der Waals surface area contributed by atoms with Crippen molar-refractivity contribution in [2.75, 3.05) is 11.9 Å². The van der Waals surface area contributed by atoms with E-state index in [1.165, 1.54) is 4.68 Å². The molecule has 0 fully saturated rings. The highest BCUT2D eigenvalue weighted by Crippen LogP contribution is 2.17. The molecule has 0 unspecified atom stereocenters. The number of nitrogens with one attached hydrogen (secondary N) is 3. The minimum absolute atomic E-state index is 0.153. The number of aryl methyl sites for hydroxylation is 1. The predicted octanol–water partition coefficient (Wildman–Crippen LogP) is 2.15. The molecule has 0 bridgehead atoms. The molecule has 0 radical (unpaired) electrons. The van der Waals surface area contributed by atoms with Crippen LogP contribution in [0.3, 0.4) is 0 Å². The van der Waals surface area contributed by atoms with E-state index >= 15 is 0 Å². The van der Waals surface area contributed by atoms with Crippen molar-refractivity contribution in [3.8, 4) is 11.3 Å². The molecular formula is C19H21N7O2. The summed E-state index contributed by atoms with van der Waals surface area (Å²) in [5.41, 5.74) is 2.09. The van der Waals surface area contributed by atoms with Gasteiger partial charge in [0.2, 0.25) is 0 Å². The molecule has 0 aliphatic heterocycles. The highest BCUT2D eigenvalue weighted by Gasteiger charge is 2.19. The summed E-state index contributed by atoms with van der Waals surface area (Å²) in [5.74, 6) is -0.779. The van der Waals surface area contributed by atoms with E-state index in [0.717, 1.165) is 18.4 Å². The van der Waals surface area contributed by atoms with Crippen LogP contribution in [0.4, 0.5) is 5.69 Å². The Morgan fingerprint density at radius 2 is 2.18 bits per heavy atom. The van der Waals surface area contributed by atoms with E-state index in [9.17, 15) is 9.59 Å². The van der Waals surface area contributed by atoms with E-state index in [0.29, 0.717) is 17.9 Å². The Bertz CT molecular complexity index is 976. The van der Waals surface area contributed by atoms with Crippen molar-refractivity contribution in [1.29, 1.82) is 0 Å². The standard InChI is InChI=1S/C19H21N7O2/c1-3-4-5-9-20-19(28)17-16(12-26(2)25-17)24-18(27)15-8-6-7-14(23-15)13-10-21-22-11-13/h3,6-8,10-12H,1,4-5,9H2,2H3,(H,20,28)(H,21,22)(H,24,27). The molecular weight excluding hydrogens is 358 g/mol. The number of anilines is 1. The lowest BCUT2D eigenvalue weighted by Gasteiger charge is -2.07. The molecule has 2 amide bonds. The zero-order valence-corrected chi connectivity index (χ0v) is 15.5. The van der Waals surface area contributed by atoms with Gasteiger partial charge in [-0.1, -0.05) is 12.1 Å². The van der Waals surface area contributed by atoms with Crippen LogP contribution >= 0.6 is 0 Å². The maximum absolute atomic E-state index is 12.6. The lowest BCUT2D eigenvalue weighted by Crippen LogP contribution is -2.26. The first-order chi connectivity index (χ1) is 13.6. The monoisotopic (exact) mass is 379 g/mol. The van der Waals surface area contributed by atoms with E-state index < -0.39 is 5.91 Å². The van der Waals surface area contributed by atoms with Crippen molar-refractivity contribution < 1.29 is 9.59 Å². The Labute approximate surface area is 161 Å². The number of pyridine rings is 1. The second kappa shape index (κ2) is 8.76. The minimum Gasteiger partial charge on any atom is -0.351 e. The van der Waals surface area contributed by atoms with E-state index in [-0.39, 0.29) is 17.3 Å². The van der Waals surface area contributed by atoms with Gasteiger partial charge >= 0.3 is 0 Å². The first kappa shape index (κ1) is 19.0. The molecule has 3 aromatic heterocycles. The topological polar surface area (TPSA) is 118 Å². The Balaban J connectivity index is 1.73. The van der Waals surface area contributed by atoms with Crippen molar-refractivity contribution in [3.63, 3.8) is 0 Å². The Morgan fingerprint density at radius 1 is 1.32 bits per heavy atom. The van der Waals surface area contributed by atoms with Crippen LogP contribution < -0.4 is 10.6 Å². The van der Waals surface area contributed by atoms with Crippen molar-refractivity contribution in [3.05, 3.63) is 60.8 Å². The number of hydrogen-bond donors (Lipinski definition) is 3. The molecule has 0 aliphatic rings. The number of aromatic amines is 1. The number of carbonyl (C=O) groups is 2.